The van der Waals surface area contributed by atoms with Crippen molar-refractivity contribution < 1.29 is 24.2 Å². The molecule has 1 aliphatic heterocycles. The molecular weight excluding hydrogens is 320 g/mol. The van der Waals surface area contributed by atoms with Gasteiger partial charge >= 0.3 is 11.9 Å². The van der Waals surface area contributed by atoms with E-state index >= 15 is 0 Å². The molecule has 0 aromatic rings. The lowest BCUT2D eigenvalue weighted by atomic mass is 9.79. The maximum Gasteiger partial charge on any atom is 0.309 e. The van der Waals surface area contributed by atoms with E-state index in [2.05, 4.69) is 6.58 Å². The van der Waals surface area contributed by atoms with Crippen molar-refractivity contribution in [2.75, 3.05) is 0 Å². The molecular formula is C20H28O5. The third-order valence-electron chi connectivity index (χ3n) is 6.41. The fourth-order valence-electron chi connectivity index (χ4n) is 4.59. The van der Waals surface area contributed by atoms with Gasteiger partial charge in [0.2, 0.25) is 0 Å². The van der Waals surface area contributed by atoms with Gasteiger partial charge in [-0.1, -0.05) is 39.0 Å². The highest BCUT2D eigenvalue weighted by molar-refractivity contribution is 5.77. The maximum absolute atomic E-state index is 12.5. The van der Waals surface area contributed by atoms with E-state index in [-0.39, 0.29) is 23.8 Å². The third kappa shape index (κ3) is 2.55. The van der Waals surface area contributed by atoms with Crippen LogP contribution in [0.3, 0.4) is 0 Å². The monoisotopic (exact) mass is 348 g/mol. The molecule has 2 fully saturated rings. The van der Waals surface area contributed by atoms with E-state index in [1.54, 1.807) is 6.92 Å². The first kappa shape index (κ1) is 18.2. The van der Waals surface area contributed by atoms with Gasteiger partial charge in [0.15, 0.2) is 0 Å². The molecule has 0 aromatic heterocycles. The summed E-state index contributed by atoms with van der Waals surface area (Å²) in [7, 11) is 0. The topological polar surface area (TPSA) is 72.8 Å². The Balaban J connectivity index is 2.06. The SMILES string of the molecule is C=C1CCC=C(C)[C@@]2(O)[C@H](OC(=O)[C@H](C)CC)[C@@H]3[C@@H](OC(=O)[C@@H]3C)[C@H]12. The number of hydrogen-bond donors (Lipinski definition) is 1. The van der Waals surface area contributed by atoms with Crippen LogP contribution in [-0.4, -0.2) is 34.9 Å². The van der Waals surface area contributed by atoms with Crippen molar-refractivity contribution in [3.05, 3.63) is 23.8 Å². The van der Waals surface area contributed by atoms with Gasteiger partial charge < -0.3 is 14.6 Å². The van der Waals surface area contributed by atoms with Crippen molar-refractivity contribution in [2.24, 2.45) is 23.7 Å². The van der Waals surface area contributed by atoms with Crippen LogP contribution in [0.5, 0.6) is 0 Å². The van der Waals surface area contributed by atoms with Crippen molar-refractivity contribution in [1.82, 2.24) is 0 Å². The molecule has 2 aliphatic carbocycles. The van der Waals surface area contributed by atoms with Crippen LogP contribution in [0.2, 0.25) is 0 Å². The summed E-state index contributed by atoms with van der Waals surface area (Å²) in [5.74, 6) is -2.09. The number of carbonyl (C=O) groups is 2. The van der Waals surface area contributed by atoms with E-state index in [1.807, 2.05) is 26.8 Å². The molecule has 1 saturated heterocycles. The molecule has 1 heterocycles. The minimum absolute atomic E-state index is 0.257. The summed E-state index contributed by atoms with van der Waals surface area (Å²) in [5.41, 5.74) is 0.270. The molecule has 0 bridgehead atoms. The second kappa shape index (κ2) is 6.27. The Kier molecular flexibility index (Phi) is 4.56. The molecule has 1 saturated carbocycles. The van der Waals surface area contributed by atoms with Gasteiger partial charge in [0, 0.05) is 0 Å². The van der Waals surface area contributed by atoms with Gasteiger partial charge in [-0.05, 0) is 31.8 Å². The van der Waals surface area contributed by atoms with E-state index in [9.17, 15) is 14.7 Å². The number of carbonyl (C=O) groups excluding carboxylic acids is 2. The molecule has 3 rings (SSSR count). The summed E-state index contributed by atoms with van der Waals surface area (Å²) in [5, 5.41) is 11.7. The fraction of sp³-hybridized carbons (Fsp3) is 0.700. The van der Waals surface area contributed by atoms with Gasteiger partial charge in [0.1, 0.15) is 17.8 Å². The molecule has 5 nitrogen and oxygen atoms in total. The molecule has 0 unspecified atom stereocenters. The highest BCUT2D eigenvalue weighted by Gasteiger charge is 2.69. The van der Waals surface area contributed by atoms with Crippen molar-refractivity contribution in [1.29, 1.82) is 0 Å². The van der Waals surface area contributed by atoms with Gasteiger partial charge in [-0.3, -0.25) is 9.59 Å². The van der Waals surface area contributed by atoms with Crippen LogP contribution >= 0.6 is 0 Å². The third-order valence-corrected chi connectivity index (χ3v) is 6.41. The molecule has 0 spiro atoms. The van der Waals surface area contributed by atoms with Crippen molar-refractivity contribution in [3.8, 4) is 0 Å². The van der Waals surface area contributed by atoms with E-state index in [0.29, 0.717) is 6.42 Å². The first-order valence-electron chi connectivity index (χ1n) is 9.21. The Morgan fingerprint density at radius 2 is 2.24 bits per heavy atom. The number of esters is 2. The second-order valence-electron chi connectivity index (χ2n) is 7.82. The van der Waals surface area contributed by atoms with Crippen LogP contribution in [0.25, 0.3) is 0 Å². The highest BCUT2D eigenvalue weighted by atomic mass is 16.6. The zero-order valence-corrected chi connectivity index (χ0v) is 15.5. The molecule has 3 aliphatic rings. The Morgan fingerprint density at radius 3 is 2.88 bits per heavy atom. The summed E-state index contributed by atoms with van der Waals surface area (Å²) in [6.45, 7) is 11.5. The predicted octanol–water partition coefficient (Wildman–Crippen LogP) is 2.78. The minimum Gasteiger partial charge on any atom is -0.461 e. The zero-order valence-electron chi connectivity index (χ0n) is 15.5. The molecule has 0 aromatic carbocycles. The zero-order chi connectivity index (χ0) is 18.5. The van der Waals surface area contributed by atoms with Gasteiger partial charge in [0.25, 0.3) is 0 Å². The van der Waals surface area contributed by atoms with Crippen LogP contribution in [0, 0.1) is 23.7 Å². The second-order valence-corrected chi connectivity index (χ2v) is 7.82. The first-order valence-corrected chi connectivity index (χ1v) is 9.21. The molecule has 5 heteroatoms. The number of allylic oxidation sites excluding steroid dienone is 1. The number of hydrogen-bond acceptors (Lipinski definition) is 5. The Bertz CT molecular complexity index is 636. The Labute approximate surface area is 149 Å². The van der Waals surface area contributed by atoms with E-state index in [4.69, 9.17) is 9.47 Å². The van der Waals surface area contributed by atoms with E-state index in [0.717, 1.165) is 24.0 Å². The molecule has 0 radical (unpaired) electrons. The highest BCUT2D eigenvalue weighted by Crippen LogP contribution is 2.56. The lowest BCUT2D eigenvalue weighted by Gasteiger charge is -2.37. The predicted molar refractivity (Wildman–Crippen MR) is 92.4 cm³/mol. The van der Waals surface area contributed by atoms with Crippen LogP contribution in [-0.2, 0) is 19.1 Å². The normalized spacial score (nSPS) is 41.3. The summed E-state index contributed by atoms with van der Waals surface area (Å²) in [6, 6.07) is 0. The van der Waals surface area contributed by atoms with Gasteiger partial charge in [-0.15, -0.1) is 0 Å². The summed E-state index contributed by atoms with van der Waals surface area (Å²) in [4.78, 5) is 24.7. The number of rotatable bonds is 3. The van der Waals surface area contributed by atoms with Crippen LogP contribution in [0.4, 0.5) is 0 Å². The van der Waals surface area contributed by atoms with Crippen molar-refractivity contribution in [3.63, 3.8) is 0 Å². The van der Waals surface area contributed by atoms with E-state index in [1.165, 1.54) is 0 Å². The molecule has 0 amide bonds. The van der Waals surface area contributed by atoms with Crippen molar-refractivity contribution in [2.45, 2.75) is 64.8 Å². The Morgan fingerprint density at radius 1 is 1.56 bits per heavy atom. The lowest BCUT2D eigenvalue weighted by molar-refractivity contribution is -0.170. The number of fused-ring (bicyclic) bond motifs is 3. The molecule has 138 valence electrons. The van der Waals surface area contributed by atoms with Crippen LogP contribution in [0.15, 0.2) is 23.8 Å². The van der Waals surface area contributed by atoms with Crippen LogP contribution < -0.4 is 0 Å². The molecule has 1 N–H and O–H groups in total. The van der Waals surface area contributed by atoms with Gasteiger partial charge in [0.05, 0.1) is 23.7 Å². The first-order chi connectivity index (χ1) is 11.7. The Hall–Kier alpha value is -1.62. The number of ether oxygens (including phenoxy) is 2. The summed E-state index contributed by atoms with van der Waals surface area (Å²) < 4.78 is 11.5. The van der Waals surface area contributed by atoms with E-state index < -0.39 is 29.6 Å². The average molecular weight is 348 g/mol. The maximum atomic E-state index is 12.5. The quantitative estimate of drug-likeness (QED) is 0.627. The molecule has 25 heavy (non-hydrogen) atoms. The van der Waals surface area contributed by atoms with Crippen molar-refractivity contribution >= 4 is 11.9 Å². The minimum atomic E-state index is -1.36. The van der Waals surface area contributed by atoms with Gasteiger partial charge in [-0.2, -0.15) is 0 Å². The number of aliphatic hydroxyl groups is 1. The van der Waals surface area contributed by atoms with Gasteiger partial charge in [-0.25, -0.2) is 0 Å². The standard InChI is InChI=1S/C20H28O5/c1-6-10(2)18(21)25-17-14-13(5)19(22)24-16(14)15-11(3)8-7-9-12(4)20(15,17)23/h9-10,13-17,23H,3,6-8H2,1-2,4-5H3/t10-,13-,14+,15+,16-,17-,20+/m1/s1. The summed E-state index contributed by atoms with van der Waals surface area (Å²) in [6.07, 6.45) is 2.87. The fourth-order valence-corrected chi connectivity index (χ4v) is 4.59. The average Bonchev–Trinajstić information content (AvgIpc) is 2.94. The van der Waals surface area contributed by atoms with Crippen LogP contribution in [0.1, 0.15) is 47.0 Å². The lowest BCUT2D eigenvalue weighted by Crippen LogP contribution is -2.50. The largest absolute Gasteiger partial charge is 0.461 e. The smallest absolute Gasteiger partial charge is 0.309 e. The molecule has 7 atom stereocenters. The summed E-state index contributed by atoms with van der Waals surface area (Å²) >= 11 is 0.